The van der Waals surface area contributed by atoms with Gasteiger partial charge in [-0.2, -0.15) is 4.98 Å². The summed E-state index contributed by atoms with van der Waals surface area (Å²) in [6.45, 7) is 3.38. The van der Waals surface area contributed by atoms with Crippen molar-refractivity contribution in [2.45, 2.75) is 64.1 Å². The molecule has 1 saturated heterocycles. The Kier molecular flexibility index (Phi) is 8.19. The van der Waals surface area contributed by atoms with Crippen molar-refractivity contribution < 1.29 is 23.1 Å². The number of hydrogen-bond acceptors (Lipinski definition) is 6. The zero-order chi connectivity index (χ0) is 31.2. The van der Waals surface area contributed by atoms with E-state index in [1.165, 1.54) is 18.9 Å². The van der Waals surface area contributed by atoms with Crippen molar-refractivity contribution in [1.29, 1.82) is 0 Å². The van der Waals surface area contributed by atoms with Gasteiger partial charge in [-0.3, -0.25) is 14.4 Å². The molecule has 0 bridgehead atoms. The summed E-state index contributed by atoms with van der Waals surface area (Å²) in [6, 6.07) is 9.81. The van der Waals surface area contributed by atoms with Crippen LogP contribution in [0.4, 0.5) is 14.6 Å². The summed E-state index contributed by atoms with van der Waals surface area (Å²) in [5.74, 6) is -3.20. The molecule has 0 unspecified atom stereocenters. The van der Waals surface area contributed by atoms with E-state index in [0.29, 0.717) is 29.6 Å². The number of rotatable bonds is 11. The van der Waals surface area contributed by atoms with Crippen LogP contribution >= 0.6 is 11.6 Å². The van der Waals surface area contributed by atoms with E-state index in [9.17, 15) is 23.2 Å². The standard InChI is InChI=1S/C32H34ClF2N5O4/c1-3-44-28-12-21(24-9-6-22(33)13-25(24)30(42)39-16-32(34,35)17-39)11-27(37-28)38-29(41)26-10-19(14-36-18(2)20-4-5-20)15-40(31(26)43)23-7-8-23/h6,9-13,15,18,20,23,36H,3-5,7-8,14,16-17H2,1-2H3,(H,37,38,41)/t18-/m0/s1. The van der Waals surface area contributed by atoms with Crippen molar-refractivity contribution in [3.8, 4) is 17.0 Å². The van der Waals surface area contributed by atoms with Crippen molar-refractivity contribution in [2.75, 3.05) is 25.0 Å². The summed E-state index contributed by atoms with van der Waals surface area (Å²) in [7, 11) is 0. The maximum Gasteiger partial charge on any atom is 0.282 e. The summed E-state index contributed by atoms with van der Waals surface area (Å²) < 4.78 is 34.4. The number of carbonyl (C=O) groups is 2. The van der Waals surface area contributed by atoms with Crippen LogP contribution in [0.3, 0.4) is 0 Å². The number of alkyl halides is 2. The Hall–Kier alpha value is -3.83. The number of aromatic nitrogens is 2. The molecule has 1 aromatic carbocycles. The van der Waals surface area contributed by atoms with Gasteiger partial charge in [-0.05, 0) is 86.4 Å². The molecule has 6 rings (SSSR count). The molecular weight excluding hydrogens is 592 g/mol. The molecule has 3 heterocycles. The molecule has 3 aliphatic rings. The molecule has 0 radical (unpaired) electrons. The van der Waals surface area contributed by atoms with Crippen LogP contribution < -0.4 is 20.9 Å². The second-order valence-electron chi connectivity index (χ2n) is 11.9. The second-order valence-corrected chi connectivity index (χ2v) is 12.3. The molecule has 0 spiro atoms. The number of benzene rings is 1. The largest absolute Gasteiger partial charge is 0.478 e. The highest BCUT2D eigenvalue weighted by Crippen LogP contribution is 2.36. The van der Waals surface area contributed by atoms with Crippen LogP contribution in [-0.2, 0) is 6.54 Å². The van der Waals surface area contributed by atoms with E-state index >= 15 is 0 Å². The zero-order valence-corrected chi connectivity index (χ0v) is 25.3. The van der Waals surface area contributed by atoms with Crippen LogP contribution in [-0.4, -0.2) is 57.9 Å². The molecule has 2 aliphatic carbocycles. The molecule has 2 aromatic heterocycles. The first-order valence-corrected chi connectivity index (χ1v) is 15.3. The number of pyridine rings is 2. The third kappa shape index (κ3) is 6.63. The Balaban J connectivity index is 1.31. The van der Waals surface area contributed by atoms with Crippen LogP contribution in [0.15, 0.2) is 47.4 Å². The number of nitrogens with one attached hydrogen (secondary N) is 2. The lowest BCUT2D eigenvalue weighted by molar-refractivity contribution is -0.113. The molecule has 1 atom stereocenters. The van der Waals surface area contributed by atoms with E-state index in [1.807, 2.05) is 6.20 Å². The fourth-order valence-electron chi connectivity index (χ4n) is 5.49. The number of hydrogen-bond donors (Lipinski definition) is 2. The number of amides is 2. The molecule has 12 heteroatoms. The third-order valence-corrected chi connectivity index (χ3v) is 8.47. The van der Waals surface area contributed by atoms with E-state index in [0.717, 1.165) is 23.3 Å². The summed E-state index contributed by atoms with van der Waals surface area (Å²) in [5.41, 5.74) is 1.46. The van der Waals surface area contributed by atoms with Crippen LogP contribution in [0.25, 0.3) is 11.1 Å². The Morgan fingerprint density at radius 2 is 1.86 bits per heavy atom. The Morgan fingerprint density at radius 1 is 1.11 bits per heavy atom. The molecule has 232 valence electrons. The molecule has 9 nitrogen and oxygen atoms in total. The highest BCUT2D eigenvalue weighted by Gasteiger charge is 2.46. The monoisotopic (exact) mass is 625 g/mol. The van der Waals surface area contributed by atoms with Gasteiger partial charge in [0.1, 0.15) is 11.4 Å². The quantitative estimate of drug-likeness (QED) is 0.290. The van der Waals surface area contributed by atoms with E-state index in [4.69, 9.17) is 16.3 Å². The molecular formula is C32H34ClF2N5O4. The molecule has 3 aromatic rings. The van der Waals surface area contributed by atoms with Crippen LogP contribution in [0.5, 0.6) is 5.88 Å². The van der Waals surface area contributed by atoms with E-state index in [2.05, 4.69) is 22.5 Å². The maximum atomic E-state index is 13.6. The fourth-order valence-corrected chi connectivity index (χ4v) is 5.66. The first-order valence-electron chi connectivity index (χ1n) is 14.9. The minimum Gasteiger partial charge on any atom is -0.478 e. The van der Waals surface area contributed by atoms with E-state index in [-0.39, 0.29) is 46.1 Å². The van der Waals surface area contributed by atoms with Gasteiger partial charge in [0.05, 0.1) is 19.7 Å². The van der Waals surface area contributed by atoms with Crippen molar-refractivity contribution in [3.05, 3.63) is 74.7 Å². The zero-order valence-electron chi connectivity index (χ0n) is 24.5. The normalized spacial score (nSPS) is 18.0. The predicted molar refractivity (Wildman–Crippen MR) is 163 cm³/mol. The maximum absolute atomic E-state index is 13.6. The van der Waals surface area contributed by atoms with Gasteiger partial charge in [0, 0.05) is 41.5 Å². The lowest BCUT2D eigenvalue weighted by atomic mass is 9.97. The van der Waals surface area contributed by atoms with Crippen LogP contribution in [0.1, 0.15) is 71.9 Å². The second kappa shape index (κ2) is 11.9. The Morgan fingerprint density at radius 3 is 2.52 bits per heavy atom. The molecule has 1 aliphatic heterocycles. The van der Waals surface area contributed by atoms with Gasteiger partial charge in [-0.15, -0.1) is 0 Å². The van der Waals surface area contributed by atoms with Gasteiger partial charge in [0.25, 0.3) is 23.3 Å². The van der Waals surface area contributed by atoms with Gasteiger partial charge in [0.2, 0.25) is 5.88 Å². The number of halogens is 3. The highest BCUT2D eigenvalue weighted by molar-refractivity contribution is 6.31. The smallest absolute Gasteiger partial charge is 0.282 e. The average molecular weight is 626 g/mol. The van der Waals surface area contributed by atoms with Crippen molar-refractivity contribution in [3.63, 3.8) is 0 Å². The van der Waals surface area contributed by atoms with E-state index in [1.54, 1.807) is 41.8 Å². The van der Waals surface area contributed by atoms with Gasteiger partial charge in [0.15, 0.2) is 0 Å². The molecule has 44 heavy (non-hydrogen) atoms. The van der Waals surface area contributed by atoms with Gasteiger partial charge < -0.3 is 24.8 Å². The number of ether oxygens (including phenoxy) is 1. The van der Waals surface area contributed by atoms with Gasteiger partial charge in [-0.25, -0.2) is 8.78 Å². The lowest BCUT2D eigenvalue weighted by Crippen LogP contribution is -2.58. The minimum absolute atomic E-state index is 0.00140. The highest BCUT2D eigenvalue weighted by atomic mass is 35.5. The third-order valence-electron chi connectivity index (χ3n) is 8.23. The molecule has 2 N–H and O–H groups in total. The lowest BCUT2D eigenvalue weighted by Gasteiger charge is -2.39. The SMILES string of the molecule is CCOc1cc(-c2ccc(Cl)cc2C(=O)N2CC(F)(F)C2)cc(NC(=O)c2cc(CN[C@@H](C)C3CC3)cn(C3CC3)c2=O)n1. The summed E-state index contributed by atoms with van der Waals surface area (Å²) in [5, 5.41) is 6.53. The number of anilines is 1. The van der Waals surface area contributed by atoms with Gasteiger partial charge in [-0.1, -0.05) is 17.7 Å². The summed E-state index contributed by atoms with van der Waals surface area (Å²) >= 11 is 6.20. The van der Waals surface area contributed by atoms with E-state index < -0.39 is 30.8 Å². The predicted octanol–water partition coefficient (Wildman–Crippen LogP) is 5.53. The van der Waals surface area contributed by atoms with Crippen molar-refractivity contribution in [2.24, 2.45) is 5.92 Å². The van der Waals surface area contributed by atoms with Crippen LogP contribution in [0.2, 0.25) is 5.02 Å². The molecule has 2 saturated carbocycles. The molecule has 3 fully saturated rings. The first kappa shape index (κ1) is 30.2. The number of likely N-dealkylation sites (tertiary alicyclic amines) is 1. The van der Waals surface area contributed by atoms with Gasteiger partial charge >= 0.3 is 0 Å². The number of carbonyl (C=O) groups excluding carboxylic acids is 2. The van der Waals surface area contributed by atoms with Crippen molar-refractivity contribution in [1.82, 2.24) is 19.8 Å². The average Bonchev–Trinajstić information content (AvgIpc) is 3.88. The summed E-state index contributed by atoms with van der Waals surface area (Å²) in [4.78, 5) is 45.6. The summed E-state index contributed by atoms with van der Waals surface area (Å²) in [6.07, 6.45) is 6.02. The topological polar surface area (TPSA) is 106 Å². The van der Waals surface area contributed by atoms with Crippen molar-refractivity contribution >= 4 is 29.2 Å². The fraction of sp³-hybridized carbons (Fsp3) is 0.438. The Labute approximate surface area is 258 Å². The number of nitrogens with zero attached hydrogens (tertiary/aromatic N) is 3. The first-order chi connectivity index (χ1) is 21.0. The molecule has 2 amide bonds. The Bertz CT molecular complexity index is 1660. The minimum atomic E-state index is -2.93. The van der Waals surface area contributed by atoms with Crippen LogP contribution in [0, 0.1) is 5.92 Å².